The molecule has 1 heterocycles. The van der Waals surface area contributed by atoms with Crippen molar-refractivity contribution < 1.29 is 14.7 Å². The van der Waals surface area contributed by atoms with Gasteiger partial charge in [0.1, 0.15) is 5.70 Å². The molecule has 1 aliphatic heterocycles. The quantitative estimate of drug-likeness (QED) is 0.822. The summed E-state index contributed by atoms with van der Waals surface area (Å²) >= 11 is 0. The van der Waals surface area contributed by atoms with Gasteiger partial charge in [0.2, 0.25) is 0 Å². The topological polar surface area (TPSA) is 66.4 Å². The van der Waals surface area contributed by atoms with E-state index in [1.54, 1.807) is 18.2 Å². The van der Waals surface area contributed by atoms with Crippen molar-refractivity contribution in [2.45, 2.75) is 6.04 Å². The highest BCUT2D eigenvalue weighted by molar-refractivity contribution is 6.01. The maximum atomic E-state index is 11.5. The van der Waals surface area contributed by atoms with Crippen molar-refractivity contribution in [1.82, 2.24) is 5.32 Å². The first-order valence-electron chi connectivity index (χ1n) is 6.36. The molecule has 3 rings (SSSR count). The number of allylic oxidation sites excluding steroid dienone is 2. The molecule has 0 saturated heterocycles. The van der Waals surface area contributed by atoms with Crippen molar-refractivity contribution in [3.05, 3.63) is 65.4 Å². The van der Waals surface area contributed by atoms with Gasteiger partial charge in [-0.1, -0.05) is 48.6 Å². The number of fused-ring (bicyclic) bond motifs is 1. The Labute approximate surface area is 116 Å². The van der Waals surface area contributed by atoms with E-state index in [0.29, 0.717) is 16.7 Å². The van der Waals surface area contributed by atoms with Crippen molar-refractivity contribution in [3.8, 4) is 0 Å². The molecule has 4 nitrogen and oxygen atoms in total. The summed E-state index contributed by atoms with van der Waals surface area (Å²) in [6.07, 6.45) is 8.45. The first kappa shape index (κ1) is 12.4. The lowest BCUT2D eigenvalue weighted by Crippen LogP contribution is -2.28. The molecule has 2 atom stereocenters. The van der Waals surface area contributed by atoms with Crippen LogP contribution in [0.3, 0.4) is 0 Å². The van der Waals surface area contributed by atoms with Crippen molar-refractivity contribution in [1.29, 1.82) is 0 Å². The van der Waals surface area contributed by atoms with Crippen LogP contribution in [-0.4, -0.2) is 23.4 Å². The van der Waals surface area contributed by atoms with Crippen molar-refractivity contribution in [2.75, 3.05) is 0 Å². The van der Waals surface area contributed by atoms with Gasteiger partial charge >= 0.3 is 5.97 Å². The lowest BCUT2D eigenvalue weighted by atomic mass is 9.85. The molecular weight excluding hydrogens is 254 g/mol. The second kappa shape index (κ2) is 4.81. The van der Waals surface area contributed by atoms with E-state index in [0.717, 1.165) is 6.29 Å². The molecule has 1 aromatic rings. The third-order valence-corrected chi connectivity index (χ3v) is 3.64. The molecule has 0 saturated carbocycles. The molecule has 1 aliphatic carbocycles. The van der Waals surface area contributed by atoms with Crippen LogP contribution < -0.4 is 5.32 Å². The van der Waals surface area contributed by atoms with E-state index in [2.05, 4.69) is 5.32 Å². The Bertz CT molecular complexity index is 670. The highest BCUT2D eigenvalue weighted by atomic mass is 16.4. The zero-order chi connectivity index (χ0) is 14.1. The zero-order valence-corrected chi connectivity index (χ0v) is 10.6. The van der Waals surface area contributed by atoms with Gasteiger partial charge in [-0.25, -0.2) is 4.79 Å². The second-order valence-corrected chi connectivity index (χ2v) is 4.76. The molecule has 0 amide bonds. The number of carbonyl (C=O) groups is 2. The Morgan fingerprint density at radius 3 is 2.70 bits per heavy atom. The molecule has 2 N–H and O–H groups in total. The number of aldehydes is 1. The maximum Gasteiger partial charge on any atom is 0.352 e. The molecule has 0 bridgehead atoms. The van der Waals surface area contributed by atoms with E-state index in [9.17, 15) is 14.7 Å². The summed E-state index contributed by atoms with van der Waals surface area (Å²) in [5.74, 6) is -1.07. The van der Waals surface area contributed by atoms with Crippen LogP contribution in [0.2, 0.25) is 0 Å². The minimum Gasteiger partial charge on any atom is -0.477 e. The number of aliphatic carboxylic acids is 1. The monoisotopic (exact) mass is 267 g/mol. The minimum absolute atomic E-state index is 0.0628. The van der Waals surface area contributed by atoms with Crippen LogP contribution in [0.15, 0.2) is 54.3 Å². The van der Waals surface area contributed by atoms with E-state index in [4.69, 9.17) is 0 Å². The fraction of sp³-hybridized carbons (Fsp3) is 0.125. The number of carboxylic acid groups (broad SMARTS) is 1. The van der Waals surface area contributed by atoms with E-state index in [-0.39, 0.29) is 17.7 Å². The summed E-state index contributed by atoms with van der Waals surface area (Å²) in [5, 5.41) is 12.4. The van der Waals surface area contributed by atoms with E-state index < -0.39 is 5.97 Å². The van der Waals surface area contributed by atoms with Crippen molar-refractivity contribution in [3.63, 3.8) is 0 Å². The third kappa shape index (κ3) is 1.86. The summed E-state index contributed by atoms with van der Waals surface area (Å²) < 4.78 is 0. The van der Waals surface area contributed by atoms with Gasteiger partial charge in [-0.15, -0.1) is 0 Å². The summed E-state index contributed by atoms with van der Waals surface area (Å²) in [7, 11) is 0. The fourth-order valence-corrected chi connectivity index (χ4v) is 2.77. The van der Waals surface area contributed by atoms with Gasteiger partial charge in [-0.05, 0) is 11.1 Å². The minimum atomic E-state index is -1.00. The van der Waals surface area contributed by atoms with Crippen LogP contribution in [0.1, 0.15) is 15.9 Å². The van der Waals surface area contributed by atoms with Gasteiger partial charge in [-0.2, -0.15) is 0 Å². The summed E-state index contributed by atoms with van der Waals surface area (Å²) in [4.78, 5) is 22.7. The Kier molecular flexibility index (Phi) is 2.99. The van der Waals surface area contributed by atoms with E-state index >= 15 is 0 Å². The predicted molar refractivity (Wildman–Crippen MR) is 75.1 cm³/mol. The Balaban J connectivity index is 2.19. The normalized spacial score (nSPS) is 23.4. The number of nitrogens with one attached hydrogen (secondary N) is 1. The number of rotatable bonds is 3. The molecule has 2 unspecified atom stereocenters. The molecule has 0 radical (unpaired) electrons. The van der Waals surface area contributed by atoms with Crippen LogP contribution >= 0.6 is 0 Å². The number of hydrogen-bond acceptors (Lipinski definition) is 3. The van der Waals surface area contributed by atoms with Gasteiger partial charge in [0.15, 0.2) is 6.29 Å². The SMILES string of the molecule is O=Cc1ccccc1C1=C(C(=O)O)NC2C=CC=CC12. The van der Waals surface area contributed by atoms with Gasteiger partial charge in [0, 0.05) is 11.5 Å². The summed E-state index contributed by atoms with van der Waals surface area (Å²) in [6, 6.07) is 7.00. The summed E-state index contributed by atoms with van der Waals surface area (Å²) in [6.45, 7) is 0. The van der Waals surface area contributed by atoms with Crippen molar-refractivity contribution >= 4 is 17.8 Å². The number of carboxylic acids is 1. The van der Waals surface area contributed by atoms with E-state index in [1.807, 2.05) is 30.4 Å². The second-order valence-electron chi connectivity index (χ2n) is 4.76. The van der Waals surface area contributed by atoms with Gasteiger partial charge in [0.25, 0.3) is 0 Å². The summed E-state index contributed by atoms with van der Waals surface area (Å²) in [5.41, 5.74) is 2.03. The molecule has 20 heavy (non-hydrogen) atoms. The smallest absolute Gasteiger partial charge is 0.352 e. The molecule has 0 aromatic heterocycles. The number of benzene rings is 1. The highest BCUT2D eigenvalue weighted by Crippen LogP contribution is 2.38. The van der Waals surface area contributed by atoms with Gasteiger partial charge < -0.3 is 10.4 Å². The Morgan fingerprint density at radius 2 is 1.95 bits per heavy atom. The predicted octanol–water partition coefficient (Wildman–Crippen LogP) is 2.01. The highest BCUT2D eigenvalue weighted by Gasteiger charge is 2.36. The van der Waals surface area contributed by atoms with Crippen LogP contribution in [0.25, 0.3) is 5.57 Å². The number of carbonyl (C=O) groups excluding carboxylic acids is 1. The lowest BCUT2D eigenvalue weighted by Gasteiger charge is -2.19. The van der Waals surface area contributed by atoms with Crippen molar-refractivity contribution in [2.24, 2.45) is 5.92 Å². The Morgan fingerprint density at radius 1 is 1.20 bits per heavy atom. The average molecular weight is 267 g/mol. The van der Waals surface area contributed by atoms with Crippen LogP contribution in [0, 0.1) is 5.92 Å². The van der Waals surface area contributed by atoms with E-state index in [1.165, 1.54) is 0 Å². The first-order valence-corrected chi connectivity index (χ1v) is 6.36. The molecule has 4 heteroatoms. The number of hydrogen-bond donors (Lipinski definition) is 2. The standard InChI is InChI=1S/C16H13NO3/c18-9-10-5-1-2-6-11(10)14-12-7-3-4-8-13(12)17-15(14)16(19)20/h1-9,12-13,17H,(H,19,20). The first-order chi connectivity index (χ1) is 9.72. The molecule has 0 fully saturated rings. The van der Waals surface area contributed by atoms with Crippen LogP contribution in [0.5, 0.6) is 0 Å². The maximum absolute atomic E-state index is 11.5. The third-order valence-electron chi connectivity index (χ3n) is 3.64. The van der Waals surface area contributed by atoms with Gasteiger partial charge in [-0.3, -0.25) is 4.79 Å². The fourth-order valence-electron chi connectivity index (χ4n) is 2.77. The largest absolute Gasteiger partial charge is 0.477 e. The lowest BCUT2D eigenvalue weighted by molar-refractivity contribution is -0.132. The average Bonchev–Trinajstić information content (AvgIpc) is 2.86. The zero-order valence-electron chi connectivity index (χ0n) is 10.6. The molecular formula is C16H13NO3. The van der Waals surface area contributed by atoms with Crippen LogP contribution in [0.4, 0.5) is 0 Å². The molecule has 100 valence electrons. The van der Waals surface area contributed by atoms with Gasteiger partial charge in [0.05, 0.1) is 6.04 Å². The Hall–Kier alpha value is -2.62. The molecule has 2 aliphatic rings. The van der Waals surface area contributed by atoms with Crippen LogP contribution in [-0.2, 0) is 4.79 Å². The molecule has 0 spiro atoms. The molecule has 1 aromatic carbocycles.